The molecule has 0 spiro atoms. The molecule has 1 saturated heterocycles. The summed E-state index contributed by atoms with van der Waals surface area (Å²) in [6.07, 6.45) is 12.2. The van der Waals surface area contributed by atoms with Gasteiger partial charge in [-0.25, -0.2) is 4.79 Å². The lowest BCUT2D eigenvalue weighted by atomic mass is 9.98. The van der Waals surface area contributed by atoms with E-state index in [0.717, 1.165) is 38.5 Å². The Balaban J connectivity index is 3.42. The van der Waals surface area contributed by atoms with Gasteiger partial charge in [0.2, 0.25) is 29.5 Å². The molecule has 0 bridgehead atoms. The highest BCUT2D eigenvalue weighted by atomic mass is 16.5. The standard InChI is InChI=1S/C41H75N5O7/c1-9-11-13-14-15-16-17-18-19-20-31-27-37(48)43-32(21-22-36(47)42-23-12-10-2)38(49)44-33(24-28(3)4)39(50)45-34(25-29(5)6)40(51)46-35(26-30(7)8)41(52)53-31/h28-35H,9-27H2,1-8H3,(H,42,47)(H,43,48)(H,44,49)(H,45,50)(H,46,51)/t31-,32+,33+,34-,35+/m1/s1. The van der Waals surface area contributed by atoms with Crippen LogP contribution in [0.3, 0.4) is 0 Å². The number of amides is 5. The fraction of sp³-hybridized carbons (Fsp3) is 0.854. The predicted molar refractivity (Wildman–Crippen MR) is 210 cm³/mol. The van der Waals surface area contributed by atoms with Gasteiger partial charge in [-0.15, -0.1) is 0 Å². The highest BCUT2D eigenvalue weighted by molar-refractivity contribution is 5.95. The summed E-state index contributed by atoms with van der Waals surface area (Å²) < 4.78 is 6.00. The van der Waals surface area contributed by atoms with E-state index >= 15 is 0 Å². The molecule has 12 nitrogen and oxygen atoms in total. The normalized spacial score (nSPS) is 22.3. The molecule has 5 N–H and O–H groups in total. The van der Waals surface area contributed by atoms with Crippen molar-refractivity contribution in [1.29, 1.82) is 0 Å². The van der Waals surface area contributed by atoms with Crippen LogP contribution in [0.5, 0.6) is 0 Å². The molecule has 12 heteroatoms. The van der Waals surface area contributed by atoms with E-state index in [4.69, 9.17) is 4.74 Å². The molecule has 306 valence electrons. The molecule has 0 aromatic heterocycles. The van der Waals surface area contributed by atoms with Crippen molar-refractivity contribution in [2.24, 2.45) is 17.8 Å². The zero-order chi connectivity index (χ0) is 39.8. The fourth-order valence-corrected chi connectivity index (χ4v) is 6.54. The molecule has 0 aliphatic carbocycles. The van der Waals surface area contributed by atoms with Gasteiger partial charge in [-0.3, -0.25) is 24.0 Å². The summed E-state index contributed by atoms with van der Waals surface area (Å²) in [5.74, 6) is -2.90. The third kappa shape index (κ3) is 22.0. The van der Waals surface area contributed by atoms with Gasteiger partial charge in [0.1, 0.15) is 30.3 Å². The van der Waals surface area contributed by atoms with Gasteiger partial charge in [-0.2, -0.15) is 0 Å². The Morgan fingerprint density at radius 2 is 1.06 bits per heavy atom. The highest BCUT2D eigenvalue weighted by Gasteiger charge is 2.34. The van der Waals surface area contributed by atoms with E-state index in [0.29, 0.717) is 25.8 Å². The van der Waals surface area contributed by atoms with Gasteiger partial charge in [0.25, 0.3) is 0 Å². The highest BCUT2D eigenvalue weighted by Crippen LogP contribution is 2.18. The minimum atomic E-state index is -1.11. The maximum Gasteiger partial charge on any atom is 0.328 e. The minimum absolute atomic E-state index is 0.00645. The van der Waals surface area contributed by atoms with Crippen molar-refractivity contribution in [3.8, 4) is 0 Å². The van der Waals surface area contributed by atoms with Crippen LogP contribution in [0.1, 0.15) is 171 Å². The molecule has 5 amide bonds. The van der Waals surface area contributed by atoms with Crippen molar-refractivity contribution >= 4 is 35.5 Å². The van der Waals surface area contributed by atoms with E-state index in [1.54, 1.807) is 0 Å². The summed E-state index contributed by atoms with van der Waals surface area (Å²) in [6.45, 7) is 16.4. The van der Waals surface area contributed by atoms with Crippen LogP contribution in [0.4, 0.5) is 0 Å². The molecule has 0 saturated carbocycles. The maximum absolute atomic E-state index is 13.8. The average molecular weight is 750 g/mol. The van der Waals surface area contributed by atoms with Crippen molar-refractivity contribution in [3.63, 3.8) is 0 Å². The fourth-order valence-electron chi connectivity index (χ4n) is 6.54. The van der Waals surface area contributed by atoms with Gasteiger partial charge in [-0.05, 0) is 62.7 Å². The van der Waals surface area contributed by atoms with Crippen molar-refractivity contribution in [2.75, 3.05) is 6.54 Å². The van der Waals surface area contributed by atoms with Gasteiger partial charge >= 0.3 is 5.97 Å². The molecule has 0 aromatic carbocycles. The monoisotopic (exact) mass is 750 g/mol. The first-order valence-electron chi connectivity index (χ1n) is 20.8. The Morgan fingerprint density at radius 1 is 0.604 bits per heavy atom. The molecule has 5 atom stereocenters. The van der Waals surface area contributed by atoms with Gasteiger partial charge < -0.3 is 31.3 Å². The van der Waals surface area contributed by atoms with E-state index in [2.05, 4.69) is 33.5 Å². The average Bonchev–Trinajstić information content (AvgIpc) is 3.07. The van der Waals surface area contributed by atoms with Crippen LogP contribution in [0.2, 0.25) is 0 Å². The van der Waals surface area contributed by atoms with Crippen molar-refractivity contribution < 1.29 is 33.5 Å². The summed E-state index contributed by atoms with van der Waals surface area (Å²) in [4.78, 5) is 81.4. The summed E-state index contributed by atoms with van der Waals surface area (Å²) >= 11 is 0. The van der Waals surface area contributed by atoms with E-state index in [1.807, 2.05) is 48.5 Å². The number of carbonyl (C=O) groups excluding carboxylic acids is 6. The molecular weight excluding hydrogens is 674 g/mol. The number of hydrogen-bond donors (Lipinski definition) is 5. The lowest BCUT2D eigenvalue weighted by molar-refractivity contribution is -0.155. The van der Waals surface area contributed by atoms with Gasteiger partial charge in [-0.1, -0.05) is 113 Å². The molecule has 1 aliphatic heterocycles. The molecule has 0 unspecified atom stereocenters. The Labute approximate surface area is 320 Å². The SMILES string of the molecule is CCCCCCCCCCC[C@@H]1CC(=O)N[C@@H](CCC(=O)NCCCC)C(=O)N[C@@H](CC(C)C)C(=O)N[C@H](CC(C)C)C(=O)N[C@@H](CC(C)C)C(=O)O1. The molecule has 53 heavy (non-hydrogen) atoms. The summed E-state index contributed by atoms with van der Waals surface area (Å²) in [7, 11) is 0. The lowest BCUT2D eigenvalue weighted by Crippen LogP contribution is -2.58. The number of hydrogen-bond acceptors (Lipinski definition) is 7. The largest absolute Gasteiger partial charge is 0.460 e. The topological polar surface area (TPSA) is 172 Å². The van der Waals surface area contributed by atoms with Gasteiger partial charge in [0.15, 0.2) is 0 Å². The van der Waals surface area contributed by atoms with Crippen LogP contribution in [-0.4, -0.2) is 72.3 Å². The maximum atomic E-state index is 13.8. The quantitative estimate of drug-likeness (QED) is 0.0668. The summed E-state index contributed by atoms with van der Waals surface area (Å²) in [6, 6.07) is -4.03. The van der Waals surface area contributed by atoms with Crippen molar-refractivity contribution in [3.05, 3.63) is 0 Å². The van der Waals surface area contributed by atoms with E-state index in [1.165, 1.54) is 32.1 Å². The van der Waals surface area contributed by atoms with Crippen LogP contribution in [-0.2, 0) is 33.5 Å². The number of unbranched alkanes of at least 4 members (excludes halogenated alkanes) is 9. The summed E-state index contributed by atoms with van der Waals surface area (Å²) in [5.41, 5.74) is 0. The Bertz CT molecular complexity index is 1110. The number of nitrogens with one attached hydrogen (secondary N) is 5. The predicted octanol–water partition coefficient (Wildman–Crippen LogP) is 6.00. The Morgan fingerprint density at radius 3 is 1.57 bits per heavy atom. The number of esters is 1. The molecule has 1 heterocycles. The Kier molecular flexibility index (Phi) is 24.7. The number of cyclic esters (lactones) is 1. The first kappa shape index (κ1) is 47.8. The van der Waals surface area contributed by atoms with Crippen LogP contribution < -0.4 is 26.6 Å². The van der Waals surface area contributed by atoms with Crippen molar-refractivity contribution in [2.45, 2.75) is 201 Å². The molecule has 1 aliphatic rings. The zero-order valence-corrected chi connectivity index (χ0v) is 34.4. The van der Waals surface area contributed by atoms with Crippen LogP contribution in [0.15, 0.2) is 0 Å². The molecular formula is C41H75N5O7. The molecule has 0 radical (unpaired) electrons. The molecule has 1 rings (SSSR count). The van der Waals surface area contributed by atoms with Crippen LogP contribution in [0, 0.1) is 17.8 Å². The van der Waals surface area contributed by atoms with E-state index in [-0.39, 0.29) is 49.3 Å². The second kappa shape index (κ2) is 27.4. The lowest BCUT2D eigenvalue weighted by Gasteiger charge is -2.29. The second-order valence-electron chi connectivity index (χ2n) is 16.3. The van der Waals surface area contributed by atoms with E-state index < -0.39 is 59.9 Å². The molecule has 1 fully saturated rings. The number of carbonyl (C=O) groups is 6. The third-order valence-electron chi connectivity index (χ3n) is 9.48. The van der Waals surface area contributed by atoms with Gasteiger partial charge in [0.05, 0.1) is 6.42 Å². The number of rotatable bonds is 22. The summed E-state index contributed by atoms with van der Waals surface area (Å²) in [5, 5.41) is 14.2. The first-order chi connectivity index (χ1) is 25.2. The van der Waals surface area contributed by atoms with E-state index in [9.17, 15) is 28.8 Å². The first-order valence-corrected chi connectivity index (χ1v) is 20.8. The van der Waals surface area contributed by atoms with Gasteiger partial charge in [0, 0.05) is 13.0 Å². The molecule has 0 aromatic rings. The van der Waals surface area contributed by atoms with Crippen LogP contribution in [0.25, 0.3) is 0 Å². The zero-order valence-electron chi connectivity index (χ0n) is 34.4. The minimum Gasteiger partial charge on any atom is -0.460 e. The third-order valence-corrected chi connectivity index (χ3v) is 9.48. The van der Waals surface area contributed by atoms with Crippen LogP contribution >= 0.6 is 0 Å². The second-order valence-corrected chi connectivity index (χ2v) is 16.3. The smallest absolute Gasteiger partial charge is 0.328 e. The van der Waals surface area contributed by atoms with Crippen molar-refractivity contribution in [1.82, 2.24) is 26.6 Å². The Hall–Kier alpha value is -3.18. The number of ether oxygens (including phenoxy) is 1.